The van der Waals surface area contributed by atoms with Gasteiger partial charge in [-0.2, -0.15) is 0 Å². The van der Waals surface area contributed by atoms with Crippen LogP contribution in [0.2, 0.25) is 0 Å². The molecule has 1 amide bonds. The number of oxazole rings is 1. The van der Waals surface area contributed by atoms with E-state index in [0.717, 1.165) is 17.0 Å². The molecule has 0 bridgehead atoms. The summed E-state index contributed by atoms with van der Waals surface area (Å²) in [6.45, 7) is 9.88. The Morgan fingerprint density at radius 3 is 2.29 bits per heavy atom. The molecule has 0 aliphatic rings. The molecule has 4 rings (SSSR count). The molecule has 8 nitrogen and oxygen atoms in total. The predicted molar refractivity (Wildman–Crippen MR) is 157 cm³/mol. The van der Waals surface area contributed by atoms with Gasteiger partial charge >= 0.3 is 12.1 Å². The molecular formula is C33H36N2O6. The van der Waals surface area contributed by atoms with Crippen LogP contribution in [-0.2, 0) is 22.4 Å². The summed E-state index contributed by atoms with van der Waals surface area (Å²) in [6.07, 6.45) is 0.0547. The van der Waals surface area contributed by atoms with Crippen molar-refractivity contribution in [2.24, 2.45) is 0 Å². The van der Waals surface area contributed by atoms with Crippen molar-refractivity contribution in [2.75, 3.05) is 18.1 Å². The minimum absolute atomic E-state index is 0.124. The van der Waals surface area contributed by atoms with Crippen LogP contribution in [0.25, 0.3) is 11.5 Å². The number of nitrogens with zero attached hydrogens (tertiary/aromatic N) is 2. The molecule has 41 heavy (non-hydrogen) atoms. The van der Waals surface area contributed by atoms with Crippen LogP contribution in [0.5, 0.6) is 5.75 Å². The average molecular weight is 557 g/mol. The van der Waals surface area contributed by atoms with Crippen LogP contribution in [-0.4, -0.2) is 35.9 Å². The topological polar surface area (TPSA) is 91.1 Å². The van der Waals surface area contributed by atoms with Crippen LogP contribution >= 0.6 is 0 Å². The van der Waals surface area contributed by atoms with Gasteiger partial charge < -0.3 is 18.6 Å². The Morgan fingerprint density at radius 1 is 0.927 bits per heavy atom. The minimum Gasteiger partial charge on any atom is -0.493 e. The molecule has 4 aromatic rings. The first-order chi connectivity index (χ1) is 19.6. The number of esters is 1. The maximum absolute atomic E-state index is 13.3. The summed E-state index contributed by atoms with van der Waals surface area (Å²) < 4.78 is 22.7. The van der Waals surface area contributed by atoms with Crippen molar-refractivity contribution >= 4 is 17.7 Å². The normalized spacial score (nSPS) is 11.1. The minimum atomic E-state index is -0.696. The Hall–Kier alpha value is -4.59. The lowest BCUT2D eigenvalue weighted by molar-refractivity contribution is 0.0518. The van der Waals surface area contributed by atoms with E-state index in [1.54, 1.807) is 49.4 Å². The molecule has 0 N–H and O–H groups in total. The number of ether oxygens (including phenoxy) is 3. The van der Waals surface area contributed by atoms with Crippen LogP contribution in [0, 0.1) is 6.92 Å². The largest absolute Gasteiger partial charge is 0.493 e. The van der Waals surface area contributed by atoms with E-state index in [9.17, 15) is 9.59 Å². The number of hydrogen-bond acceptors (Lipinski definition) is 7. The van der Waals surface area contributed by atoms with Gasteiger partial charge in [0, 0.05) is 17.7 Å². The summed E-state index contributed by atoms with van der Waals surface area (Å²) in [7, 11) is 0. The van der Waals surface area contributed by atoms with E-state index in [0.29, 0.717) is 41.5 Å². The van der Waals surface area contributed by atoms with Crippen molar-refractivity contribution in [3.63, 3.8) is 0 Å². The monoisotopic (exact) mass is 556 g/mol. The smallest absolute Gasteiger partial charge is 0.415 e. The van der Waals surface area contributed by atoms with Crippen LogP contribution in [0.4, 0.5) is 10.5 Å². The molecule has 1 heterocycles. The summed E-state index contributed by atoms with van der Waals surface area (Å²) in [6, 6.07) is 24.0. The van der Waals surface area contributed by atoms with Crippen LogP contribution < -0.4 is 9.64 Å². The van der Waals surface area contributed by atoms with Crippen molar-refractivity contribution in [1.82, 2.24) is 4.98 Å². The lowest BCUT2D eigenvalue weighted by atomic mass is 10.1. The summed E-state index contributed by atoms with van der Waals surface area (Å²) in [5.41, 5.74) is 2.73. The Balaban J connectivity index is 1.47. The molecule has 0 saturated carbocycles. The quantitative estimate of drug-likeness (QED) is 0.188. The zero-order valence-electron chi connectivity index (χ0n) is 24.2. The van der Waals surface area contributed by atoms with E-state index in [1.807, 2.05) is 64.1 Å². The van der Waals surface area contributed by atoms with Gasteiger partial charge in [0.2, 0.25) is 5.89 Å². The Labute approximate surface area is 240 Å². The van der Waals surface area contributed by atoms with Crippen molar-refractivity contribution in [2.45, 2.75) is 53.2 Å². The van der Waals surface area contributed by atoms with Gasteiger partial charge in [-0.15, -0.1) is 0 Å². The number of rotatable bonds is 10. The molecule has 0 aliphatic heterocycles. The number of hydrogen-bond donors (Lipinski definition) is 0. The third kappa shape index (κ3) is 7.97. The van der Waals surface area contributed by atoms with E-state index in [2.05, 4.69) is 4.98 Å². The maximum Gasteiger partial charge on any atom is 0.415 e. The SMILES string of the molecule is CCOC(=O)c1ccccc1CN(C(=O)OC(C)(C)C)c1ccc(OCCc2nc(-c3ccccc3)oc2C)cc1. The molecule has 3 aromatic carbocycles. The third-order valence-electron chi connectivity index (χ3n) is 6.12. The zero-order valence-corrected chi connectivity index (χ0v) is 24.2. The molecule has 0 aliphatic carbocycles. The van der Waals surface area contributed by atoms with Crippen LogP contribution in [0.15, 0.2) is 83.3 Å². The molecule has 1 aromatic heterocycles. The van der Waals surface area contributed by atoms with Gasteiger partial charge in [-0.05, 0) is 82.6 Å². The molecule has 0 unspecified atom stereocenters. The van der Waals surface area contributed by atoms with Crippen molar-refractivity contribution < 1.29 is 28.2 Å². The van der Waals surface area contributed by atoms with Crippen LogP contribution in [0.1, 0.15) is 55.1 Å². The number of aromatic nitrogens is 1. The fourth-order valence-electron chi connectivity index (χ4n) is 4.17. The van der Waals surface area contributed by atoms with E-state index in [4.69, 9.17) is 18.6 Å². The number of amides is 1. The van der Waals surface area contributed by atoms with E-state index in [-0.39, 0.29) is 13.2 Å². The second-order valence-electron chi connectivity index (χ2n) is 10.4. The van der Waals surface area contributed by atoms with Gasteiger partial charge in [0.05, 0.1) is 31.0 Å². The number of carbonyl (C=O) groups is 2. The molecule has 214 valence electrons. The summed E-state index contributed by atoms with van der Waals surface area (Å²) in [5, 5.41) is 0. The van der Waals surface area contributed by atoms with Gasteiger partial charge in [0.15, 0.2) is 0 Å². The second-order valence-corrected chi connectivity index (χ2v) is 10.4. The molecule has 8 heteroatoms. The van der Waals surface area contributed by atoms with Gasteiger partial charge in [-0.1, -0.05) is 36.4 Å². The second kappa shape index (κ2) is 13.2. The number of carbonyl (C=O) groups excluding carboxylic acids is 2. The lowest BCUT2D eigenvalue weighted by Crippen LogP contribution is -2.36. The predicted octanol–water partition coefficient (Wildman–Crippen LogP) is 7.39. The molecule has 0 atom stereocenters. The molecular weight excluding hydrogens is 520 g/mol. The van der Waals surface area contributed by atoms with Gasteiger partial charge in [0.1, 0.15) is 17.1 Å². The standard InChI is InChI=1S/C33H36N2O6/c1-6-38-31(36)28-15-11-10-14-25(28)22-35(32(37)41-33(3,4)5)26-16-18-27(19-17-26)39-21-20-29-23(2)40-30(34-29)24-12-8-7-9-13-24/h7-19H,6,20-22H2,1-5H3. The molecule has 0 saturated heterocycles. The molecule has 0 fully saturated rings. The fraction of sp³-hybridized carbons (Fsp3) is 0.303. The summed E-state index contributed by atoms with van der Waals surface area (Å²) in [5.74, 6) is 1.57. The highest BCUT2D eigenvalue weighted by atomic mass is 16.6. The lowest BCUT2D eigenvalue weighted by Gasteiger charge is -2.28. The van der Waals surface area contributed by atoms with E-state index < -0.39 is 17.7 Å². The number of aryl methyl sites for hydroxylation is 1. The number of anilines is 1. The molecule has 0 radical (unpaired) electrons. The highest BCUT2D eigenvalue weighted by molar-refractivity contribution is 5.92. The Bertz CT molecular complexity index is 1460. The molecule has 0 spiro atoms. The summed E-state index contributed by atoms with van der Waals surface area (Å²) >= 11 is 0. The van der Waals surface area contributed by atoms with Crippen molar-refractivity contribution in [3.05, 3.63) is 101 Å². The van der Waals surface area contributed by atoms with Gasteiger partial charge in [-0.25, -0.2) is 14.6 Å². The first kappa shape index (κ1) is 29.4. The van der Waals surface area contributed by atoms with Crippen molar-refractivity contribution in [3.8, 4) is 17.2 Å². The first-order valence-electron chi connectivity index (χ1n) is 13.6. The first-order valence-corrected chi connectivity index (χ1v) is 13.6. The van der Waals surface area contributed by atoms with E-state index in [1.165, 1.54) is 4.90 Å². The third-order valence-corrected chi connectivity index (χ3v) is 6.12. The Morgan fingerprint density at radius 2 is 1.61 bits per heavy atom. The van der Waals surface area contributed by atoms with E-state index >= 15 is 0 Å². The van der Waals surface area contributed by atoms with Crippen LogP contribution in [0.3, 0.4) is 0 Å². The zero-order chi connectivity index (χ0) is 29.4. The summed E-state index contributed by atoms with van der Waals surface area (Å²) in [4.78, 5) is 31.9. The van der Waals surface area contributed by atoms with Gasteiger partial charge in [0.25, 0.3) is 0 Å². The Kier molecular flexibility index (Phi) is 9.45. The average Bonchev–Trinajstić information content (AvgIpc) is 3.32. The maximum atomic E-state index is 13.3. The fourth-order valence-corrected chi connectivity index (χ4v) is 4.17. The highest BCUT2D eigenvalue weighted by Crippen LogP contribution is 2.26. The van der Waals surface area contributed by atoms with Crippen molar-refractivity contribution in [1.29, 1.82) is 0 Å². The van der Waals surface area contributed by atoms with Gasteiger partial charge in [-0.3, -0.25) is 4.90 Å². The number of benzene rings is 3. The highest BCUT2D eigenvalue weighted by Gasteiger charge is 2.25.